The predicted molar refractivity (Wildman–Crippen MR) is 139 cm³/mol. The highest BCUT2D eigenvalue weighted by atomic mass is 16.3. The normalized spacial score (nSPS) is 44.7. The second kappa shape index (κ2) is 10.0. The van der Waals surface area contributed by atoms with Crippen LogP contribution in [0.2, 0.25) is 0 Å². The van der Waals surface area contributed by atoms with E-state index in [1.54, 1.807) is 19.2 Å². The van der Waals surface area contributed by atoms with E-state index in [-0.39, 0.29) is 28.9 Å². The third kappa shape index (κ3) is 4.26. The van der Waals surface area contributed by atoms with Crippen LogP contribution >= 0.6 is 0 Å². The van der Waals surface area contributed by atoms with Crippen LogP contribution in [0, 0.1) is 47.3 Å². The first-order valence-electron chi connectivity index (χ1n) is 13.9. The summed E-state index contributed by atoms with van der Waals surface area (Å²) in [5.41, 5.74) is -0.0999. The van der Waals surface area contributed by atoms with Crippen LogP contribution in [0.5, 0.6) is 0 Å². The number of likely N-dealkylation sites (tertiary alicyclic amines) is 1. The topological polar surface area (TPSA) is 86.7 Å². The highest BCUT2D eigenvalue weighted by Gasteiger charge is 2.52. The average molecular weight is 493 g/mol. The summed E-state index contributed by atoms with van der Waals surface area (Å²) in [6.45, 7) is 5.15. The van der Waals surface area contributed by atoms with Crippen LogP contribution in [-0.4, -0.2) is 47.2 Å². The lowest BCUT2D eigenvalue weighted by atomic mass is 9.69. The van der Waals surface area contributed by atoms with Gasteiger partial charge >= 0.3 is 0 Å². The lowest BCUT2D eigenvalue weighted by Crippen LogP contribution is -2.33. The van der Waals surface area contributed by atoms with E-state index in [0.29, 0.717) is 49.0 Å². The molecule has 3 aliphatic carbocycles. The monoisotopic (exact) mass is 492 g/mol. The van der Waals surface area contributed by atoms with Crippen molar-refractivity contribution in [2.75, 3.05) is 13.6 Å². The number of Topliss-reactive ketones (excluding diaryl/α,β-unsaturated/α-hetero) is 1. The average Bonchev–Trinajstić information content (AvgIpc) is 3.44. The Hall–Kier alpha value is -2.63. The molecule has 2 bridgehead atoms. The zero-order valence-corrected chi connectivity index (χ0v) is 21.7. The number of fused-ring (bicyclic) bond motifs is 7. The molecule has 2 heterocycles. The maximum Gasteiger partial charge on any atom is 0.261 e. The maximum atomic E-state index is 13.0. The van der Waals surface area contributed by atoms with Gasteiger partial charge in [-0.1, -0.05) is 44.6 Å². The van der Waals surface area contributed by atoms with Crippen molar-refractivity contribution in [1.82, 2.24) is 10.2 Å². The summed E-state index contributed by atoms with van der Waals surface area (Å²) in [5, 5.41) is 13.8. The number of carbonyl (C=O) groups excluding carboxylic acids is 3. The fourth-order valence-corrected chi connectivity index (χ4v) is 8.21. The molecular formula is C30H40N2O4. The van der Waals surface area contributed by atoms with Gasteiger partial charge < -0.3 is 15.3 Å². The van der Waals surface area contributed by atoms with E-state index in [9.17, 15) is 19.5 Å². The number of aliphatic hydroxyl groups excluding tert-OH is 1. The summed E-state index contributed by atoms with van der Waals surface area (Å²) >= 11 is 0. The lowest BCUT2D eigenvalue weighted by molar-refractivity contribution is -0.125. The van der Waals surface area contributed by atoms with Crippen LogP contribution in [0.15, 0.2) is 47.8 Å². The van der Waals surface area contributed by atoms with Gasteiger partial charge in [0.05, 0.1) is 6.04 Å². The number of hydrogen-bond acceptors (Lipinski definition) is 4. The van der Waals surface area contributed by atoms with Crippen molar-refractivity contribution < 1.29 is 19.5 Å². The highest BCUT2D eigenvalue weighted by molar-refractivity contribution is 6.26. The number of amides is 2. The van der Waals surface area contributed by atoms with Crippen molar-refractivity contribution in [2.45, 2.75) is 58.4 Å². The summed E-state index contributed by atoms with van der Waals surface area (Å²) in [7, 11) is 1.61. The summed E-state index contributed by atoms with van der Waals surface area (Å²) in [4.78, 5) is 39.7. The minimum atomic E-state index is -0.594. The smallest absolute Gasteiger partial charge is 0.261 e. The molecule has 0 radical (unpaired) electrons. The van der Waals surface area contributed by atoms with Gasteiger partial charge in [0.25, 0.3) is 5.91 Å². The molecule has 2 aliphatic heterocycles. The van der Waals surface area contributed by atoms with Crippen LogP contribution < -0.4 is 5.32 Å². The van der Waals surface area contributed by atoms with Crippen molar-refractivity contribution in [3.63, 3.8) is 0 Å². The van der Waals surface area contributed by atoms with Crippen molar-refractivity contribution in [1.29, 1.82) is 0 Å². The molecule has 3 fully saturated rings. The quantitative estimate of drug-likeness (QED) is 0.421. The molecule has 1 saturated heterocycles. The van der Waals surface area contributed by atoms with E-state index in [4.69, 9.17) is 0 Å². The number of allylic oxidation sites excluding steroid dienone is 5. The molecule has 0 unspecified atom stereocenters. The molecule has 5 aliphatic rings. The minimum Gasteiger partial charge on any atom is -0.507 e. The van der Waals surface area contributed by atoms with E-state index >= 15 is 0 Å². The van der Waals surface area contributed by atoms with Crippen molar-refractivity contribution in [3.8, 4) is 0 Å². The molecule has 6 heteroatoms. The van der Waals surface area contributed by atoms with E-state index in [1.807, 2.05) is 12.2 Å². The molecule has 2 saturated carbocycles. The fourth-order valence-electron chi connectivity index (χ4n) is 8.21. The number of aliphatic hydroxyl groups is 1. The first kappa shape index (κ1) is 25.0. The van der Waals surface area contributed by atoms with E-state index in [0.717, 1.165) is 24.7 Å². The van der Waals surface area contributed by atoms with Crippen molar-refractivity contribution in [2.24, 2.45) is 47.3 Å². The Morgan fingerprint density at radius 1 is 1.03 bits per heavy atom. The van der Waals surface area contributed by atoms with Crippen LogP contribution in [0.3, 0.4) is 0 Å². The fraction of sp³-hybridized carbons (Fsp3) is 0.633. The van der Waals surface area contributed by atoms with E-state index < -0.39 is 11.9 Å². The standard InChI is InChI=1S/C30H40N2O4/c1-4-19-17(2)15-23-21(19)11-12-22-20-7-5-9-27(34)31-14-6-8-25-29(35)28(30(36)32(25)3)26(33)13-10-18(20)16-24(22)23/h5,9-13,17-25,33H,4,6-8,14-16H2,1-3H3,(H,31,34)/b9-5-,13-10+,28-26-/t17-,18-,19-,20+,21+,22-,23+,24+,25+/m1/s1. The minimum absolute atomic E-state index is 0.0999. The molecule has 0 aromatic carbocycles. The summed E-state index contributed by atoms with van der Waals surface area (Å²) in [5.74, 6) is 3.30. The molecule has 5 rings (SSSR count). The van der Waals surface area contributed by atoms with Crippen molar-refractivity contribution in [3.05, 3.63) is 47.8 Å². The number of hydrogen-bond donors (Lipinski definition) is 2. The Morgan fingerprint density at radius 2 is 1.78 bits per heavy atom. The van der Waals surface area contributed by atoms with Crippen LogP contribution in [0.4, 0.5) is 0 Å². The molecule has 2 amide bonds. The second-order valence-corrected chi connectivity index (χ2v) is 11.7. The third-order valence-corrected chi connectivity index (χ3v) is 9.96. The Balaban J connectivity index is 1.47. The SMILES string of the molecule is CC[C@H]1[C@@H]2C=C[C@@H]3[C@H]4C/C=C\C(=O)NCCC[C@H]5C(=O)/C(=C(O)\C=C\[C@@H]4C[C@@H]3[C@H]2C[C@H]1C)C(=O)N5C. The molecule has 194 valence electrons. The molecular weight excluding hydrogens is 452 g/mol. The Bertz CT molecular complexity index is 1040. The van der Waals surface area contributed by atoms with Crippen LogP contribution in [0.25, 0.3) is 0 Å². The lowest BCUT2D eigenvalue weighted by Gasteiger charge is -2.35. The van der Waals surface area contributed by atoms with Gasteiger partial charge in [0, 0.05) is 13.6 Å². The van der Waals surface area contributed by atoms with Gasteiger partial charge in [0.15, 0.2) is 5.78 Å². The third-order valence-electron chi connectivity index (χ3n) is 9.96. The zero-order chi connectivity index (χ0) is 25.6. The molecule has 0 aromatic rings. The molecule has 9 atom stereocenters. The zero-order valence-electron chi connectivity index (χ0n) is 21.7. The van der Waals surface area contributed by atoms with Gasteiger partial charge in [-0.05, 0) is 91.6 Å². The van der Waals surface area contributed by atoms with Gasteiger partial charge in [-0.2, -0.15) is 0 Å². The number of ketones is 1. The second-order valence-electron chi connectivity index (χ2n) is 11.7. The number of likely N-dealkylation sites (N-methyl/N-ethyl adjacent to an activating group) is 1. The first-order valence-corrected chi connectivity index (χ1v) is 13.9. The molecule has 36 heavy (non-hydrogen) atoms. The summed E-state index contributed by atoms with van der Waals surface area (Å²) < 4.78 is 0. The van der Waals surface area contributed by atoms with Gasteiger partial charge in [-0.25, -0.2) is 0 Å². The molecule has 2 N–H and O–H groups in total. The van der Waals surface area contributed by atoms with E-state index in [2.05, 4.69) is 31.3 Å². The number of nitrogens with zero attached hydrogens (tertiary/aromatic N) is 1. The Morgan fingerprint density at radius 3 is 2.56 bits per heavy atom. The highest BCUT2D eigenvalue weighted by Crippen LogP contribution is 2.59. The first-order chi connectivity index (χ1) is 17.3. The molecule has 0 aromatic heterocycles. The number of nitrogens with one attached hydrogen (secondary N) is 1. The van der Waals surface area contributed by atoms with Crippen LogP contribution in [0.1, 0.15) is 52.4 Å². The number of carbonyl (C=O) groups is 3. The van der Waals surface area contributed by atoms with E-state index in [1.165, 1.54) is 17.7 Å². The van der Waals surface area contributed by atoms with Gasteiger partial charge in [-0.15, -0.1) is 0 Å². The number of rotatable bonds is 1. The van der Waals surface area contributed by atoms with Gasteiger partial charge in [-0.3, -0.25) is 14.4 Å². The summed E-state index contributed by atoms with van der Waals surface area (Å²) in [6, 6.07) is -0.594. The van der Waals surface area contributed by atoms with Crippen molar-refractivity contribution >= 4 is 17.6 Å². The Labute approximate surface area is 214 Å². The Kier molecular flexibility index (Phi) is 6.97. The maximum absolute atomic E-state index is 13.0. The predicted octanol–water partition coefficient (Wildman–Crippen LogP) is 4.36. The van der Waals surface area contributed by atoms with Gasteiger partial charge in [0.1, 0.15) is 11.3 Å². The molecule has 6 nitrogen and oxygen atoms in total. The summed E-state index contributed by atoms with van der Waals surface area (Å²) in [6.07, 6.45) is 17.5. The molecule has 0 spiro atoms. The largest absolute Gasteiger partial charge is 0.507 e. The van der Waals surface area contributed by atoms with Gasteiger partial charge in [0.2, 0.25) is 5.91 Å². The van der Waals surface area contributed by atoms with Crippen LogP contribution in [-0.2, 0) is 14.4 Å².